The molecule has 0 N–H and O–H groups in total. The fraction of sp³-hybridized carbons (Fsp3) is 0.400. The number of anilines is 1. The van der Waals surface area contributed by atoms with Gasteiger partial charge < -0.3 is 4.90 Å². The maximum atomic E-state index is 12.3. The molecule has 2 aromatic rings. The number of hydrogen-bond donors (Lipinski definition) is 0. The van der Waals surface area contributed by atoms with Gasteiger partial charge in [-0.3, -0.25) is 4.79 Å². The summed E-state index contributed by atoms with van der Waals surface area (Å²) in [5.41, 5.74) is 0.752. The van der Waals surface area contributed by atoms with Crippen molar-refractivity contribution in [3.05, 3.63) is 35.9 Å². The van der Waals surface area contributed by atoms with Crippen molar-refractivity contribution < 1.29 is 4.79 Å². The van der Waals surface area contributed by atoms with Gasteiger partial charge in [0.1, 0.15) is 0 Å². The highest BCUT2D eigenvalue weighted by Gasteiger charge is 2.21. The van der Waals surface area contributed by atoms with Gasteiger partial charge >= 0.3 is 0 Å². The van der Waals surface area contributed by atoms with E-state index in [9.17, 15) is 4.79 Å². The van der Waals surface area contributed by atoms with Gasteiger partial charge in [0, 0.05) is 18.7 Å². The van der Waals surface area contributed by atoms with Gasteiger partial charge in [0.2, 0.25) is 5.13 Å². The predicted molar refractivity (Wildman–Crippen MR) is 87.4 cm³/mol. The van der Waals surface area contributed by atoms with Crippen LogP contribution in [0.5, 0.6) is 0 Å². The molecule has 0 saturated carbocycles. The average molecular weight is 319 g/mol. The lowest BCUT2D eigenvalue weighted by molar-refractivity contribution is 0.0994. The molecule has 1 aromatic carbocycles. The standard InChI is InChI=1S/C15H17N3OS2/c1-11(13(19)12-7-3-2-4-8-12)20-15-17-16-14(21-15)18-9-5-6-10-18/h2-4,7-8,11H,5-6,9-10H2,1H3. The zero-order valence-corrected chi connectivity index (χ0v) is 13.5. The van der Waals surface area contributed by atoms with E-state index in [2.05, 4.69) is 15.1 Å². The lowest BCUT2D eigenvalue weighted by atomic mass is 10.1. The van der Waals surface area contributed by atoms with E-state index in [0.717, 1.165) is 28.1 Å². The summed E-state index contributed by atoms with van der Waals surface area (Å²) in [6.45, 7) is 4.06. The first-order valence-corrected chi connectivity index (χ1v) is 8.78. The predicted octanol–water partition coefficient (Wildman–Crippen LogP) is 3.50. The molecule has 1 atom stereocenters. The molecular weight excluding hydrogens is 302 g/mol. The first kappa shape index (κ1) is 14.5. The Balaban J connectivity index is 1.64. The molecule has 0 spiro atoms. The Bertz CT molecular complexity index is 608. The van der Waals surface area contributed by atoms with Crippen molar-refractivity contribution in [2.45, 2.75) is 29.4 Å². The highest BCUT2D eigenvalue weighted by molar-refractivity contribution is 8.02. The number of hydrogen-bond acceptors (Lipinski definition) is 6. The fourth-order valence-corrected chi connectivity index (χ4v) is 4.44. The molecule has 2 heterocycles. The molecule has 0 radical (unpaired) electrons. The topological polar surface area (TPSA) is 46.1 Å². The van der Waals surface area contributed by atoms with Crippen molar-refractivity contribution in [2.24, 2.45) is 0 Å². The van der Waals surface area contributed by atoms with Gasteiger partial charge in [0.25, 0.3) is 0 Å². The Hall–Kier alpha value is -1.40. The third-order valence-electron chi connectivity index (χ3n) is 3.48. The Labute approximate surface area is 132 Å². The van der Waals surface area contributed by atoms with E-state index >= 15 is 0 Å². The second kappa shape index (κ2) is 6.58. The molecule has 21 heavy (non-hydrogen) atoms. The summed E-state index contributed by atoms with van der Waals surface area (Å²) in [5, 5.41) is 9.29. The van der Waals surface area contributed by atoms with Crippen LogP contribution < -0.4 is 4.90 Å². The first-order valence-electron chi connectivity index (χ1n) is 7.08. The number of aromatic nitrogens is 2. The zero-order chi connectivity index (χ0) is 14.7. The van der Waals surface area contributed by atoms with Gasteiger partial charge in [-0.2, -0.15) is 0 Å². The van der Waals surface area contributed by atoms with Crippen LogP contribution in [0.1, 0.15) is 30.1 Å². The molecule has 4 nitrogen and oxygen atoms in total. The third-order valence-corrected chi connectivity index (χ3v) is 5.65. The minimum atomic E-state index is -0.147. The van der Waals surface area contributed by atoms with Crippen LogP contribution in [0.4, 0.5) is 5.13 Å². The molecule has 1 unspecified atom stereocenters. The fourth-order valence-electron chi connectivity index (χ4n) is 2.33. The number of Topliss-reactive ketones (excluding diaryl/α,β-unsaturated/α-hetero) is 1. The summed E-state index contributed by atoms with van der Waals surface area (Å²) in [7, 11) is 0. The number of carbonyl (C=O) groups excluding carboxylic acids is 1. The highest BCUT2D eigenvalue weighted by Crippen LogP contribution is 2.33. The maximum absolute atomic E-state index is 12.3. The molecule has 0 bridgehead atoms. The summed E-state index contributed by atoms with van der Waals surface area (Å²) in [4.78, 5) is 14.6. The molecule has 0 amide bonds. The molecule has 1 aliphatic rings. The van der Waals surface area contributed by atoms with Crippen LogP contribution in [0, 0.1) is 0 Å². The van der Waals surface area contributed by atoms with Crippen LogP contribution in [-0.4, -0.2) is 34.3 Å². The largest absolute Gasteiger partial charge is 0.347 e. The van der Waals surface area contributed by atoms with E-state index in [-0.39, 0.29) is 11.0 Å². The molecule has 1 aliphatic heterocycles. The second-order valence-corrected chi connectivity index (χ2v) is 7.58. The maximum Gasteiger partial charge on any atom is 0.209 e. The number of ketones is 1. The molecule has 6 heteroatoms. The molecular formula is C15H17N3OS2. The van der Waals surface area contributed by atoms with E-state index in [1.165, 1.54) is 24.6 Å². The van der Waals surface area contributed by atoms with Crippen molar-refractivity contribution in [3.63, 3.8) is 0 Å². The summed E-state index contributed by atoms with van der Waals surface area (Å²) in [6.07, 6.45) is 2.45. The van der Waals surface area contributed by atoms with E-state index in [1.54, 1.807) is 11.3 Å². The molecule has 110 valence electrons. The van der Waals surface area contributed by atoms with Crippen LogP contribution >= 0.6 is 23.1 Å². The highest BCUT2D eigenvalue weighted by atomic mass is 32.2. The van der Waals surface area contributed by atoms with Gasteiger partial charge in [-0.05, 0) is 19.8 Å². The molecule has 1 saturated heterocycles. The van der Waals surface area contributed by atoms with Crippen LogP contribution in [0.2, 0.25) is 0 Å². The summed E-state index contributed by atoms with van der Waals surface area (Å²) >= 11 is 3.08. The summed E-state index contributed by atoms with van der Waals surface area (Å²) in [6, 6.07) is 9.41. The summed E-state index contributed by atoms with van der Waals surface area (Å²) < 4.78 is 0.869. The van der Waals surface area contributed by atoms with Gasteiger partial charge in [0.05, 0.1) is 5.25 Å². The summed E-state index contributed by atoms with van der Waals surface area (Å²) in [5.74, 6) is 0.138. The Kier molecular flexibility index (Phi) is 4.55. The van der Waals surface area contributed by atoms with Crippen LogP contribution in [0.25, 0.3) is 0 Å². The Morgan fingerprint density at radius 3 is 2.67 bits per heavy atom. The van der Waals surface area contributed by atoms with Crippen LogP contribution in [0.15, 0.2) is 34.7 Å². The van der Waals surface area contributed by atoms with Crippen molar-refractivity contribution >= 4 is 34.0 Å². The zero-order valence-electron chi connectivity index (χ0n) is 11.9. The van der Waals surface area contributed by atoms with Gasteiger partial charge in [0.15, 0.2) is 10.1 Å². The van der Waals surface area contributed by atoms with Gasteiger partial charge in [-0.15, -0.1) is 10.2 Å². The van der Waals surface area contributed by atoms with Gasteiger partial charge in [-0.25, -0.2) is 0 Å². The average Bonchev–Trinajstić information content (AvgIpc) is 3.18. The molecule has 3 rings (SSSR count). The minimum Gasteiger partial charge on any atom is -0.347 e. The lowest BCUT2D eigenvalue weighted by Crippen LogP contribution is -2.17. The lowest BCUT2D eigenvalue weighted by Gasteiger charge is -2.11. The van der Waals surface area contributed by atoms with Gasteiger partial charge in [-0.1, -0.05) is 53.4 Å². The van der Waals surface area contributed by atoms with Crippen molar-refractivity contribution in [2.75, 3.05) is 18.0 Å². The minimum absolute atomic E-state index is 0.138. The second-order valence-electron chi connectivity index (χ2n) is 5.04. The molecule has 1 aromatic heterocycles. The molecule has 0 aliphatic carbocycles. The third kappa shape index (κ3) is 3.44. The smallest absolute Gasteiger partial charge is 0.209 e. The van der Waals surface area contributed by atoms with Crippen LogP contribution in [-0.2, 0) is 0 Å². The number of benzene rings is 1. The van der Waals surface area contributed by atoms with E-state index in [0.29, 0.717) is 0 Å². The number of nitrogens with zero attached hydrogens (tertiary/aromatic N) is 3. The van der Waals surface area contributed by atoms with Crippen LogP contribution in [0.3, 0.4) is 0 Å². The first-order chi connectivity index (χ1) is 10.2. The quantitative estimate of drug-likeness (QED) is 0.623. The number of carbonyl (C=O) groups is 1. The Morgan fingerprint density at radius 2 is 1.95 bits per heavy atom. The van der Waals surface area contributed by atoms with Crippen molar-refractivity contribution in [3.8, 4) is 0 Å². The monoisotopic (exact) mass is 319 g/mol. The normalized spacial score (nSPS) is 16.1. The van der Waals surface area contributed by atoms with Crippen molar-refractivity contribution in [1.29, 1.82) is 0 Å². The molecule has 1 fully saturated rings. The number of thioether (sulfide) groups is 1. The van der Waals surface area contributed by atoms with E-state index < -0.39 is 0 Å². The van der Waals surface area contributed by atoms with E-state index in [1.807, 2.05) is 37.3 Å². The van der Waals surface area contributed by atoms with Crippen molar-refractivity contribution in [1.82, 2.24) is 10.2 Å². The number of rotatable bonds is 5. The Morgan fingerprint density at radius 1 is 1.24 bits per heavy atom. The van der Waals surface area contributed by atoms with E-state index in [4.69, 9.17) is 0 Å². The SMILES string of the molecule is CC(Sc1nnc(N2CCCC2)s1)C(=O)c1ccccc1.